The standard InChI is InChI=1S/C16H19N3O2/c1-19(10-11-3-6-13(21-2)7-4-11)15-9-12(17)5-8-14(15)16(18)20/h3-9H,10,17H2,1-2H3,(H2,18,20). The van der Waals surface area contributed by atoms with Gasteiger partial charge < -0.3 is 21.1 Å². The Hall–Kier alpha value is -2.69. The third-order valence-corrected chi connectivity index (χ3v) is 3.28. The maximum absolute atomic E-state index is 11.5. The minimum absolute atomic E-state index is 0.459. The molecule has 0 unspecified atom stereocenters. The number of benzene rings is 2. The Balaban J connectivity index is 2.24. The number of methoxy groups -OCH3 is 1. The van der Waals surface area contributed by atoms with Gasteiger partial charge in [0.1, 0.15) is 5.75 Å². The molecule has 2 aromatic rings. The number of primary amides is 1. The minimum Gasteiger partial charge on any atom is -0.497 e. The summed E-state index contributed by atoms with van der Waals surface area (Å²) in [7, 11) is 3.53. The molecule has 4 N–H and O–H groups in total. The molecule has 21 heavy (non-hydrogen) atoms. The van der Waals surface area contributed by atoms with Gasteiger partial charge in [-0.15, -0.1) is 0 Å². The highest BCUT2D eigenvalue weighted by Gasteiger charge is 2.12. The van der Waals surface area contributed by atoms with E-state index in [4.69, 9.17) is 16.2 Å². The molecule has 0 aliphatic carbocycles. The average molecular weight is 285 g/mol. The Morgan fingerprint density at radius 2 is 1.86 bits per heavy atom. The van der Waals surface area contributed by atoms with Crippen molar-refractivity contribution in [2.24, 2.45) is 5.73 Å². The van der Waals surface area contributed by atoms with E-state index >= 15 is 0 Å². The zero-order valence-corrected chi connectivity index (χ0v) is 12.2. The first-order valence-electron chi connectivity index (χ1n) is 6.54. The average Bonchev–Trinajstić information content (AvgIpc) is 2.47. The van der Waals surface area contributed by atoms with Crippen LogP contribution in [0.4, 0.5) is 11.4 Å². The summed E-state index contributed by atoms with van der Waals surface area (Å²) in [6.45, 7) is 0.633. The molecule has 5 nitrogen and oxygen atoms in total. The number of rotatable bonds is 5. The Morgan fingerprint density at radius 1 is 1.19 bits per heavy atom. The highest BCUT2D eigenvalue weighted by atomic mass is 16.5. The highest BCUT2D eigenvalue weighted by Crippen LogP contribution is 2.24. The summed E-state index contributed by atoms with van der Waals surface area (Å²) in [4.78, 5) is 13.5. The molecule has 0 aromatic heterocycles. The molecule has 0 saturated carbocycles. The molecule has 0 spiro atoms. The maximum Gasteiger partial charge on any atom is 0.250 e. The lowest BCUT2D eigenvalue weighted by Gasteiger charge is -2.22. The fourth-order valence-electron chi connectivity index (χ4n) is 2.16. The second-order valence-electron chi connectivity index (χ2n) is 4.84. The van der Waals surface area contributed by atoms with E-state index < -0.39 is 5.91 Å². The van der Waals surface area contributed by atoms with Crippen LogP contribution in [0.25, 0.3) is 0 Å². The normalized spacial score (nSPS) is 10.2. The van der Waals surface area contributed by atoms with E-state index in [0.717, 1.165) is 17.0 Å². The molecular formula is C16H19N3O2. The van der Waals surface area contributed by atoms with Crippen molar-refractivity contribution < 1.29 is 9.53 Å². The van der Waals surface area contributed by atoms with Gasteiger partial charge in [-0.25, -0.2) is 0 Å². The third-order valence-electron chi connectivity index (χ3n) is 3.28. The van der Waals surface area contributed by atoms with Gasteiger partial charge in [-0.3, -0.25) is 4.79 Å². The van der Waals surface area contributed by atoms with Crippen LogP contribution in [-0.4, -0.2) is 20.1 Å². The topological polar surface area (TPSA) is 81.6 Å². The van der Waals surface area contributed by atoms with Gasteiger partial charge in [-0.1, -0.05) is 12.1 Å². The second kappa shape index (κ2) is 6.17. The first kappa shape index (κ1) is 14.7. The molecule has 2 rings (SSSR count). The number of nitrogens with zero attached hydrogens (tertiary/aromatic N) is 1. The number of amides is 1. The van der Waals surface area contributed by atoms with Crippen LogP contribution < -0.4 is 21.1 Å². The summed E-state index contributed by atoms with van der Waals surface area (Å²) in [5.74, 6) is 0.342. The van der Waals surface area contributed by atoms with Crippen LogP contribution in [-0.2, 0) is 6.54 Å². The molecule has 1 amide bonds. The second-order valence-corrected chi connectivity index (χ2v) is 4.84. The summed E-state index contributed by atoms with van der Waals surface area (Å²) in [6.07, 6.45) is 0. The van der Waals surface area contributed by atoms with E-state index in [0.29, 0.717) is 17.8 Å². The van der Waals surface area contributed by atoms with Crippen molar-refractivity contribution in [2.75, 3.05) is 24.8 Å². The number of hydrogen-bond acceptors (Lipinski definition) is 4. The van der Waals surface area contributed by atoms with Crippen molar-refractivity contribution in [1.82, 2.24) is 0 Å². The number of nitrogen functional groups attached to an aromatic ring is 1. The molecule has 110 valence electrons. The Kier molecular flexibility index (Phi) is 4.33. The molecular weight excluding hydrogens is 266 g/mol. The molecule has 0 saturated heterocycles. The smallest absolute Gasteiger partial charge is 0.250 e. The molecule has 0 aliphatic heterocycles. The molecule has 0 fully saturated rings. The van der Waals surface area contributed by atoms with Gasteiger partial charge in [0.15, 0.2) is 0 Å². The van der Waals surface area contributed by atoms with Crippen molar-refractivity contribution in [2.45, 2.75) is 6.54 Å². The summed E-state index contributed by atoms with van der Waals surface area (Å²) in [6, 6.07) is 12.8. The molecule has 0 heterocycles. The quantitative estimate of drug-likeness (QED) is 0.823. The molecule has 0 atom stereocenters. The summed E-state index contributed by atoms with van der Waals surface area (Å²) >= 11 is 0. The number of nitrogens with two attached hydrogens (primary N) is 2. The monoisotopic (exact) mass is 285 g/mol. The first-order valence-corrected chi connectivity index (χ1v) is 6.54. The number of anilines is 2. The van der Waals surface area contributed by atoms with Crippen molar-refractivity contribution in [3.63, 3.8) is 0 Å². The largest absolute Gasteiger partial charge is 0.497 e. The van der Waals surface area contributed by atoms with E-state index in [1.165, 1.54) is 0 Å². The fourth-order valence-corrected chi connectivity index (χ4v) is 2.16. The lowest BCUT2D eigenvalue weighted by molar-refractivity contribution is 0.100. The van der Waals surface area contributed by atoms with Crippen LogP contribution in [0.5, 0.6) is 5.75 Å². The zero-order chi connectivity index (χ0) is 15.4. The lowest BCUT2D eigenvalue weighted by atomic mass is 10.1. The molecule has 0 radical (unpaired) electrons. The summed E-state index contributed by atoms with van der Waals surface area (Å²) in [5, 5.41) is 0. The van der Waals surface area contributed by atoms with Crippen LogP contribution in [0.3, 0.4) is 0 Å². The predicted octanol–water partition coefficient (Wildman–Crippen LogP) is 2.01. The number of ether oxygens (including phenoxy) is 1. The molecule has 5 heteroatoms. The van der Waals surface area contributed by atoms with Crippen molar-refractivity contribution in [3.05, 3.63) is 53.6 Å². The Bertz CT molecular complexity index is 638. The Labute approximate surface area is 124 Å². The first-order chi connectivity index (χ1) is 10.0. The maximum atomic E-state index is 11.5. The van der Waals surface area contributed by atoms with Crippen LogP contribution in [0.15, 0.2) is 42.5 Å². The Morgan fingerprint density at radius 3 is 2.43 bits per heavy atom. The molecule has 0 aliphatic rings. The van der Waals surface area contributed by atoms with Gasteiger partial charge in [0.05, 0.1) is 18.4 Å². The van der Waals surface area contributed by atoms with E-state index in [-0.39, 0.29) is 0 Å². The number of hydrogen-bond donors (Lipinski definition) is 2. The lowest BCUT2D eigenvalue weighted by Crippen LogP contribution is -2.22. The fraction of sp³-hybridized carbons (Fsp3) is 0.188. The van der Waals surface area contributed by atoms with Crippen LogP contribution >= 0.6 is 0 Å². The van der Waals surface area contributed by atoms with Gasteiger partial charge in [0.2, 0.25) is 0 Å². The number of carbonyl (C=O) groups is 1. The van der Waals surface area contributed by atoms with Gasteiger partial charge in [0.25, 0.3) is 5.91 Å². The van der Waals surface area contributed by atoms with Crippen LogP contribution in [0.1, 0.15) is 15.9 Å². The summed E-state index contributed by atoms with van der Waals surface area (Å²) < 4.78 is 5.13. The number of carbonyl (C=O) groups excluding carboxylic acids is 1. The summed E-state index contributed by atoms with van der Waals surface area (Å²) in [5.41, 5.74) is 14.1. The SMILES string of the molecule is COc1ccc(CN(C)c2cc(N)ccc2C(N)=O)cc1. The molecule has 2 aromatic carbocycles. The van der Waals surface area contributed by atoms with Crippen molar-refractivity contribution in [3.8, 4) is 5.75 Å². The van der Waals surface area contributed by atoms with E-state index in [1.807, 2.05) is 36.2 Å². The van der Waals surface area contributed by atoms with Gasteiger partial charge >= 0.3 is 0 Å². The van der Waals surface area contributed by atoms with Gasteiger partial charge in [-0.05, 0) is 35.9 Å². The highest BCUT2D eigenvalue weighted by molar-refractivity contribution is 5.99. The third kappa shape index (κ3) is 3.45. The van der Waals surface area contributed by atoms with E-state index in [1.54, 1.807) is 25.3 Å². The van der Waals surface area contributed by atoms with Crippen LogP contribution in [0, 0.1) is 0 Å². The van der Waals surface area contributed by atoms with Crippen molar-refractivity contribution >= 4 is 17.3 Å². The zero-order valence-electron chi connectivity index (χ0n) is 12.2. The van der Waals surface area contributed by atoms with Gasteiger partial charge in [0, 0.05) is 19.3 Å². The predicted molar refractivity (Wildman–Crippen MR) is 84.5 cm³/mol. The van der Waals surface area contributed by atoms with E-state index in [9.17, 15) is 4.79 Å². The van der Waals surface area contributed by atoms with Crippen molar-refractivity contribution in [1.29, 1.82) is 0 Å². The molecule has 0 bridgehead atoms. The van der Waals surface area contributed by atoms with Gasteiger partial charge in [-0.2, -0.15) is 0 Å². The van der Waals surface area contributed by atoms with E-state index in [2.05, 4.69) is 0 Å². The van der Waals surface area contributed by atoms with Crippen LogP contribution in [0.2, 0.25) is 0 Å². The minimum atomic E-state index is -0.466.